The van der Waals surface area contributed by atoms with E-state index in [-0.39, 0.29) is 0 Å². The molecule has 0 aromatic heterocycles. The minimum absolute atomic E-state index is 0.294. The van der Waals surface area contributed by atoms with E-state index in [1.54, 1.807) is 0 Å². The Morgan fingerprint density at radius 3 is 2.83 bits per heavy atom. The lowest BCUT2D eigenvalue weighted by molar-refractivity contribution is 0.155. The summed E-state index contributed by atoms with van der Waals surface area (Å²) in [5, 5.41) is 12.3. The Kier molecular flexibility index (Phi) is 4.13. The normalized spacial score (nSPS) is 29.7. The molecular formula is C10H17NO. The maximum atomic E-state index is 9.07. The van der Waals surface area contributed by atoms with Crippen LogP contribution in [0.3, 0.4) is 0 Å². The van der Waals surface area contributed by atoms with Crippen LogP contribution in [0.15, 0.2) is 0 Å². The number of rotatable bonds is 3. The molecule has 2 atom stereocenters. The van der Waals surface area contributed by atoms with E-state index >= 15 is 0 Å². The largest absolute Gasteiger partial charge is 0.396 e. The minimum atomic E-state index is 0.294. The summed E-state index contributed by atoms with van der Waals surface area (Å²) >= 11 is 0. The van der Waals surface area contributed by atoms with Gasteiger partial charge in [0.15, 0.2) is 0 Å². The molecule has 0 aromatic carbocycles. The quantitative estimate of drug-likeness (QED) is 0.608. The molecule has 1 fully saturated rings. The SMILES string of the molecule is C#CCN[C@@H]1CCCC[C@H]1CO. The first-order valence-corrected chi connectivity index (χ1v) is 4.66. The predicted octanol–water partition coefficient (Wildman–Crippen LogP) is 0.760. The lowest BCUT2D eigenvalue weighted by Gasteiger charge is -2.30. The first kappa shape index (κ1) is 9.57. The maximum Gasteiger partial charge on any atom is 0.0576 e. The van der Waals surface area contributed by atoms with Gasteiger partial charge in [-0.1, -0.05) is 18.8 Å². The van der Waals surface area contributed by atoms with Crippen molar-refractivity contribution in [1.29, 1.82) is 0 Å². The summed E-state index contributed by atoms with van der Waals surface area (Å²) < 4.78 is 0. The highest BCUT2D eigenvalue weighted by atomic mass is 16.3. The topological polar surface area (TPSA) is 32.3 Å². The lowest BCUT2D eigenvalue weighted by Crippen LogP contribution is -2.40. The molecule has 0 unspecified atom stereocenters. The zero-order chi connectivity index (χ0) is 8.81. The molecule has 1 rings (SSSR count). The van der Waals surface area contributed by atoms with Gasteiger partial charge in [0, 0.05) is 12.6 Å². The summed E-state index contributed by atoms with van der Waals surface area (Å²) in [5.41, 5.74) is 0. The molecule has 0 aliphatic heterocycles. The van der Waals surface area contributed by atoms with Gasteiger partial charge in [-0.2, -0.15) is 0 Å². The second-order valence-corrected chi connectivity index (χ2v) is 3.42. The highest BCUT2D eigenvalue weighted by Crippen LogP contribution is 2.23. The fourth-order valence-corrected chi connectivity index (χ4v) is 1.88. The van der Waals surface area contributed by atoms with E-state index in [9.17, 15) is 0 Å². The van der Waals surface area contributed by atoms with Gasteiger partial charge in [0.25, 0.3) is 0 Å². The van der Waals surface area contributed by atoms with Gasteiger partial charge in [0.05, 0.1) is 6.54 Å². The molecule has 1 aliphatic carbocycles. The van der Waals surface area contributed by atoms with E-state index in [1.807, 2.05) is 0 Å². The number of aliphatic hydroxyl groups excluding tert-OH is 1. The molecule has 1 aliphatic rings. The van der Waals surface area contributed by atoms with Gasteiger partial charge in [-0.3, -0.25) is 0 Å². The van der Waals surface area contributed by atoms with Crippen LogP contribution in [0.4, 0.5) is 0 Å². The van der Waals surface area contributed by atoms with E-state index in [4.69, 9.17) is 11.5 Å². The molecule has 2 heteroatoms. The maximum absolute atomic E-state index is 9.07. The fraction of sp³-hybridized carbons (Fsp3) is 0.800. The summed E-state index contributed by atoms with van der Waals surface area (Å²) in [6, 6.07) is 0.444. The molecule has 0 spiro atoms. The second-order valence-electron chi connectivity index (χ2n) is 3.42. The van der Waals surface area contributed by atoms with Crippen molar-refractivity contribution in [1.82, 2.24) is 5.32 Å². The lowest BCUT2D eigenvalue weighted by atomic mass is 9.85. The third-order valence-electron chi connectivity index (χ3n) is 2.61. The minimum Gasteiger partial charge on any atom is -0.396 e. The molecule has 0 saturated heterocycles. The molecule has 2 nitrogen and oxygen atoms in total. The average molecular weight is 167 g/mol. The Balaban J connectivity index is 2.32. The smallest absolute Gasteiger partial charge is 0.0576 e. The highest BCUT2D eigenvalue weighted by Gasteiger charge is 2.23. The number of hydrogen-bond donors (Lipinski definition) is 2. The van der Waals surface area contributed by atoms with Crippen LogP contribution in [-0.2, 0) is 0 Å². The van der Waals surface area contributed by atoms with Crippen LogP contribution in [0.1, 0.15) is 25.7 Å². The molecule has 2 N–H and O–H groups in total. The Morgan fingerprint density at radius 1 is 1.42 bits per heavy atom. The van der Waals surface area contributed by atoms with Crippen molar-refractivity contribution >= 4 is 0 Å². The molecule has 0 radical (unpaired) electrons. The molecule has 68 valence electrons. The average Bonchev–Trinajstić information content (AvgIpc) is 2.15. The Labute approximate surface area is 74.4 Å². The highest BCUT2D eigenvalue weighted by molar-refractivity contribution is 4.90. The van der Waals surface area contributed by atoms with Crippen molar-refractivity contribution in [2.24, 2.45) is 5.92 Å². The third kappa shape index (κ3) is 2.51. The monoisotopic (exact) mass is 167 g/mol. The number of nitrogens with one attached hydrogen (secondary N) is 1. The van der Waals surface area contributed by atoms with E-state index in [0.717, 1.165) is 12.8 Å². The van der Waals surface area contributed by atoms with Gasteiger partial charge >= 0.3 is 0 Å². The van der Waals surface area contributed by atoms with Crippen LogP contribution in [0.25, 0.3) is 0 Å². The first-order valence-electron chi connectivity index (χ1n) is 4.66. The number of aliphatic hydroxyl groups is 1. The summed E-state index contributed by atoms with van der Waals surface area (Å²) in [4.78, 5) is 0. The summed E-state index contributed by atoms with van der Waals surface area (Å²) in [6.07, 6.45) is 9.97. The third-order valence-corrected chi connectivity index (χ3v) is 2.61. The van der Waals surface area contributed by atoms with Crippen LogP contribution in [-0.4, -0.2) is 24.3 Å². The summed E-state index contributed by atoms with van der Waals surface area (Å²) in [5.74, 6) is 2.99. The fourth-order valence-electron chi connectivity index (χ4n) is 1.88. The molecule has 12 heavy (non-hydrogen) atoms. The van der Waals surface area contributed by atoms with Crippen LogP contribution in [0, 0.1) is 18.3 Å². The van der Waals surface area contributed by atoms with Gasteiger partial charge in [0.2, 0.25) is 0 Å². The van der Waals surface area contributed by atoms with E-state index in [1.165, 1.54) is 12.8 Å². The zero-order valence-corrected chi connectivity index (χ0v) is 7.42. The molecule has 0 bridgehead atoms. The summed E-state index contributed by atoms with van der Waals surface area (Å²) in [6.45, 7) is 0.920. The van der Waals surface area contributed by atoms with Crippen LogP contribution < -0.4 is 5.32 Å². The van der Waals surface area contributed by atoms with Gasteiger partial charge in [0.1, 0.15) is 0 Å². The molecule has 0 amide bonds. The predicted molar refractivity (Wildman–Crippen MR) is 49.7 cm³/mol. The summed E-state index contributed by atoms with van der Waals surface area (Å²) in [7, 11) is 0. The van der Waals surface area contributed by atoms with Gasteiger partial charge in [-0.25, -0.2) is 0 Å². The Hall–Kier alpha value is -0.520. The Bertz CT molecular complexity index is 162. The molecule has 0 aromatic rings. The van der Waals surface area contributed by atoms with Crippen molar-refractivity contribution in [2.45, 2.75) is 31.7 Å². The standard InChI is InChI=1S/C10H17NO/c1-2-7-11-10-6-4-3-5-9(10)8-12/h1,9-12H,3-8H2/t9-,10+/m0/s1. The second kappa shape index (κ2) is 5.18. The van der Waals surface area contributed by atoms with Gasteiger partial charge in [-0.15, -0.1) is 6.42 Å². The van der Waals surface area contributed by atoms with Crippen molar-refractivity contribution in [3.8, 4) is 12.3 Å². The molecular weight excluding hydrogens is 150 g/mol. The van der Waals surface area contributed by atoms with Crippen LogP contribution in [0.5, 0.6) is 0 Å². The number of hydrogen-bond acceptors (Lipinski definition) is 2. The molecule has 1 saturated carbocycles. The number of terminal acetylenes is 1. The van der Waals surface area contributed by atoms with E-state index < -0.39 is 0 Å². The zero-order valence-electron chi connectivity index (χ0n) is 7.42. The molecule has 0 heterocycles. The van der Waals surface area contributed by atoms with Gasteiger partial charge in [-0.05, 0) is 18.8 Å². The van der Waals surface area contributed by atoms with Crippen LogP contribution in [0.2, 0.25) is 0 Å². The Morgan fingerprint density at radius 2 is 2.17 bits per heavy atom. The van der Waals surface area contributed by atoms with Gasteiger partial charge < -0.3 is 10.4 Å². The van der Waals surface area contributed by atoms with E-state index in [0.29, 0.717) is 25.1 Å². The van der Waals surface area contributed by atoms with Crippen LogP contribution >= 0.6 is 0 Å². The van der Waals surface area contributed by atoms with Crippen molar-refractivity contribution in [2.75, 3.05) is 13.2 Å². The van der Waals surface area contributed by atoms with Crippen molar-refractivity contribution in [3.63, 3.8) is 0 Å². The van der Waals surface area contributed by atoms with E-state index in [2.05, 4.69) is 11.2 Å². The van der Waals surface area contributed by atoms with Crippen molar-refractivity contribution in [3.05, 3.63) is 0 Å². The van der Waals surface area contributed by atoms with Crippen molar-refractivity contribution < 1.29 is 5.11 Å². The first-order chi connectivity index (χ1) is 5.88.